The number of hydrogen-bond donors (Lipinski definition) is 0. The highest BCUT2D eigenvalue weighted by atomic mass is 35.5. The summed E-state index contributed by atoms with van der Waals surface area (Å²) in [5.74, 6) is 0.408. The summed E-state index contributed by atoms with van der Waals surface area (Å²) in [6.45, 7) is 2.87. The highest BCUT2D eigenvalue weighted by molar-refractivity contribution is 7.88. The van der Waals surface area contributed by atoms with Gasteiger partial charge in [-0.25, -0.2) is 12.7 Å². The van der Waals surface area contributed by atoms with Crippen molar-refractivity contribution >= 4 is 50.7 Å². The Hall–Kier alpha value is -1.55. The number of nitrogens with zero attached hydrogens (tertiary/aromatic N) is 2. The lowest BCUT2D eigenvalue weighted by Gasteiger charge is -2.42. The number of rotatable bonds is 8. The maximum atomic E-state index is 13.4. The number of halogens is 3. The molecule has 0 bridgehead atoms. The first-order chi connectivity index (χ1) is 17.2. The van der Waals surface area contributed by atoms with Crippen LogP contribution in [0.2, 0.25) is 15.1 Å². The van der Waals surface area contributed by atoms with Crippen molar-refractivity contribution in [2.75, 3.05) is 46.0 Å². The van der Waals surface area contributed by atoms with E-state index in [1.165, 1.54) is 4.31 Å². The van der Waals surface area contributed by atoms with Crippen molar-refractivity contribution in [3.8, 4) is 5.75 Å². The lowest BCUT2D eigenvalue weighted by molar-refractivity contribution is -0.139. The van der Waals surface area contributed by atoms with Crippen molar-refractivity contribution in [2.24, 2.45) is 5.41 Å². The minimum atomic E-state index is -3.67. The van der Waals surface area contributed by atoms with E-state index >= 15 is 0 Å². The molecule has 11 heteroatoms. The highest BCUT2D eigenvalue weighted by Gasteiger charge is 2.43. The van der Waals surface area contributed by atoms with E-state index in [0.717, 1.165) is 0 Å². The summed E-state index contributed by atoms with van der Waals surface area (Å²) in [7, 11) is -3.67. The third-order valence-corrected chi connectivity index (χ3v) is 9.39. The smallest absolute Gasteiger partial charge is 0.223 e. The molecule has 0 radical (unpaired) electrons. The summed E-state index contributed by atoms with van der Waals surface area (Å²) in [5.41, 5.74) is -0.111. The molecule has 0 unspecified atom stereocenters. The Morgan fingerprint density at radius 3 is 2.42 bits per heavy atom. The van der Waals surface area contributed by atoms with E-state index in [1.807, 2.05) is 0 Å². The summed E-state index contributed by atoms with van der Waals surface area (Å²) in [4.78, 5) is 15.0. The zero-order valence-electron chi connectivity index (χ0n) is 19.8. The number of hydrogen-bond acceptors (Lipinski definition) is 5. The van der Waals surface area contributed by atoms with Gasteiger partial charge < -0.3 is 14.4 Å². The molecule has 0 aliphatic carbocycles. The molecule has 4 rings (SSSR count). The van der Waals surface area contributed by atoms with Crippen LogP contribution >= 0.6 is 34.8 Å². The van der Waals surface area contributed by atoms with E-state index in [9.17, 15) is 13.2 Å². The molecule has 2 aliphatic heterocycles. The Balaban J connectivity index is 1.53. The maximum absolute atomic E-state index is 13.4. The molecule has 1 atom stereocenters. The van der Waals surface area contributed by atoms with Crippen LogP contribution in [0.5, 0.6) is 5.75 Å². The minimum Gasteiger partial charge on any atom is -0.493 e. The molecule has 0 aromatic heterocycles. The zero-order chi connectivity index (χ0) is 25.8. The van der Waals surface area contributed by atoms with Crippen molar-refractivity contribution in [3.05, 3.63) is 63.1 Å². The van der Waals surface area contributed by atoms with E-state index in [1.54, 1.807) is 47.4 Å². The number of sulfonamides is 1. The summed E-state index contributed by atoms with van der Waals surface area (Å²) >= 11 is 18.1. The Bertz CT molecular complexity index is 1170. The van der Waals surface area contributed by atoms with Crippen molar-refractivity contribution < 1.29 is 22.7 Å². The SMILES string of the molecule is O=C(C[C@@]1(COc2ccc(Cl)cc2)CCCN(S(=O)(=O)Cc2ccc(Cl)c(Cl)c2)C1)N1CCOCC1. The average Bonchev–Trinajstić information content (AvgIpc) is 2.86. The van der Waals surface area contributed by atoms with Crippen molar-refractivity contribution in [1.29, 1.82) is 0 Å². The molecule has 36 heavy (non-hydrogen) atoms. The van der Waals surface area contributed by atoms with Crippen LogP contribution in [0.25, 0.3) is 0 Å². The van der Waals surface area contributed by atoms with Crippen LogP contribution in [0.4, 0.5) is 0 Å². The van der Waals surface area contributed by atoms with Crippen LogP contribution in [0.1, 0.15) is 24.8 Å². The molecule has 7 nitrogen and oxygen atoms in total. The van der Waals surface area contributed by atoms with E-state index in [-0.39, 0.29) is 31.2 Å². The predicted molar refractivity (Wildman–Crippen MR) is 141 cm³/mol. The number of carbonyl (C=O) groups excluding carboxylic acids is 1. The van der Waals surface area contributed by atoms with Gasteiger partial charge in [0.1, 0.15) is 5.75 Å². The van der Waals surface area contributed by atoms with E-state index in [0.29, 0.717) is 72.1 Å². The number of piperidine rings is 1. The van der Waals surface area contributed by atoms with Crippen LogP contribution in [0, 0.1) is 5.41 Å². The lowest BCUT2D eigenvalue weighted by Crippen LogP contribution is -2.52. The van der Waals surface area contributed by atoms with E-state index in [4.69, 9.17) is 44.3 Å². The normalized spacial score (nSPS) is 21.4. The van der Waals surface area contributed by atoms with Gasteiger partial charge in [0.05, 0.1) is 35.6 Å². The molecule has 2 heterocycles. The average molecular weight is 576 g/mol. The van der Waals surface area contributed by atoms with Crippen molar-refractivity contribution in [1.82, 2.24) is 9.21 Å². The molecule has 0 spiro atoms. The summed E-state index contributed by atoms with van der Waals surface area (Å²) in [5, 5.41) is 1.28. The van der Waals surface area contributed by atoms with Crippen molar-refractivity contribution in [3.63, 3.8) is 0 Å². The molecule has 0 N–H and O–H groups in total. The maximum Gasteiger partial charge on any atom is 0.223 e. The molecule has 2 saturated heterocycles. The van der Waals surface area contributed by atoms with Crippen molar-refractivity contribution in [2.45, 2.75) is 25.0 Å². The first-order valence-corrected chi connectivity index (χ1v) is 14.6. The van der Waals surface area contributed by atoms with Gasteiger partial charge in [0.2, 0.25) is 15.9 Å². The Morgan fingerprint density at radius 1 is 1.00 bits per heavy atom. The monoisotopic (exact) mass is 574 g/mol. The van der Waals surface area contributed by atoms with Crippen LogP contribution in [0.15, 0.2) is 42.5 Å². The lowest BCUT2D eigenvalue weighted by atomic mass is 9.78. The second-order valence-electron chi connectivity index (χ2n) is 9.35. The standard InChI is InChI=1S/C25H29Cl3N2O5S/c26-20-3-5-21(6-4-20)35-18-25(15-24(31)29-10-12-34-13-11-29)8-1-9-30(17-25)36(32,33)16-19-2-7-22(27)23(28)14-19/h2-7,14H,1,8-13,15-18H2/t25-/m0/s1. The highest BCUT2D eigenvalue weighted by Crippen LogP contribution is 2.37. The molecule has 2 fully saturated rings. The van der Waals surface area contributed by atoms with Gasteiger partial charge in [-0.3, -0.25) is 4.79 Å². The Morgan fingerprint density at radius 2 is 1.72 bits per heavy atom. The minimum absolute atomic E-state index is 0.0123. The topological polar surface area (TPSA) is 76.2 Å². The first kappa shape index (κ1) is 27.5. The van der Waals surface area contributed by atoms with Gasteiger partial charge in [-0.1, -0.05) is 40.9 Å². The molecule has 196 valence electrons. The molecular weight excluding hydrogens is 547 g/mol. The molecule has 2 aromatic carbocycles. The second-order valence-corrected chi connectivity index (χ2v) is 12.6. The molecular formula is C25H29Cl3N2O5S. The summed E-state index contributed by atoms with van der Waals surface area (Å²) < 4.78 is 39.8. The Kier molecular flexibility index (Phi) is 9.07. The van der Waals surface area contributed by atoms with Crippen LogP contribution in [-0.2, 0) is 25.3 Å². The molecule has 0 saturated carbocycles. The fourth-order valence-electron chi connectivity index (χ4n) is 4.66. The van der Waals surface area contributed by atoms with E-state index < -0.39 is 15.4 Å². The summed E-state index contributed by atoms with van der Waals surface area (Å²) in [6.07, 6.45) is 1.50. The molecule has 1 amide bonds. The van der Waals surface area contributed by atoms with Gasteiger partial charge in [-0.15, -0.1) is 0 Å². The molecule has 2 aliphatic rings. The van der Waals surface area contributed by atoms with Crippen LogP contribution in [0.3, 0.4) is 0 Å². The van der Waals surface area contributed by atoms with Gasteiger partial charge in [0, 0.05) is 43.0 Å². The largest absolute Gasteiger partial charge is 0.493 e. The van der Waals surface area contributed by atoms with Crippen LogP contribution < -0.4 is 4.74 Å². The quantitative estimate of drug-likeness (QED) is 0.448. The molecule has 2 aromatic rings. The van der Waals surface area contributed by atoms with Crippen LogP contribution in [-0.4, -0.2) is 69.5 Å². The second kappa shape index (κ2) is 11.9. The number of amides is 1. The third kappa shape index (κ3) is 7.05. The van der Waals surface area contributed by atoms with Gasteiger partial charge in [0.15, 0.2) is 0 Å². The number of morpholine rings is 1. The zero-order valence-corrected chi connectivity index (χ0v) is 22.9. The third-order valence-electron chi connectivity index (χ3n) is 6.60. The van der Waals surface area contributed by atoms with E-state index in [2.05, 4.69) is 0 Å². The van der Waals surface area contributed by atoms with Gasteiger partial charge >= 0.3 is 0 Å². The fourth-order valence-corrected chi connectivity index (χ4v) is 6.76. The number of carbonyl (C=O) groups is 1. The number of benzene rings is 2. The fraction of sp³-hybridized carbons (Fsp3) is 0.480. The van der Waals surface area contributed by atoms with Gasteiger partial charge in [-0.05, 0) is 54.8 Å². The van der Waals surface area contributed by atoms with Gasteiger partial charge in [-0.2, -0.15) is 0 Å². The Labute approximate surface area is 227 Å². The predicted octanol–water partition coefficient (Wildman–Crippen LogP) is 4.89. The first-order valence-electron chi connectivity index (χ1n) is 11.8. The number of ether oxygens (including phenoxy) is 2. The van der Waals surface area contributed by atoms with Gasteiger partial charge in [0.25, 0.3) is 0 Å². The summed E-state index contributed by atoms with van der Waals surface area (Å²) in [6, 6.07) is 11.8.